The Balaban J connectivity index is 2.17. The normalized spacial score (nSPS) is 18.8. The first-order valence-electron chi connectivity index (χ1n) is 6.50. The third-order valence-corrected chi connectivity index (χ3v) is 4.51. The molecule has 0 aliphatic heterocycles. The Morgan fingerprint density at radius 1 is 1.26 bits per heavy atom. The Morgan fingerprint density at radius 2 is 1.89 bits per heavy atom. The summed E-state index contributed by atoms with van der Waals surface area (Å²) in [5.41, 5.74) is 6.02. The van der Waals surface area contributed by atoms with Gasteiger partial charge in [-0.2, -0.15) is 13.2 Å². The lowest BCUT2D eigenvalue weighted by atomic mass is 9.93. The third-order valence-electron chi connectivity index (χ3n) is 3.78. The molecule has 1 fully saturated rings. The molecule has 0 bridgehead atoms. The number of nitrogens with two attached hydrogens (primary N) is 1. The molecule has 1 atom stereocenters. The molecule has 2 N–H and O–H groups in total. The van der Waals surface area contributed by atoms with Crippen LogP contribution in [0.2, 0.25) is 0 Å². The van der Waals surface area contributed by atoms with Crippen LogP contribution in [0, 0.1) is 5.92 Å². The van der Waals surface area contributed by atoms with Gasteiger partial charge in [0.05, 0.1) is 5.56 Å². The smallest absolute Gasteiger partial charge is 0.324 e. The molecule has 1 aliphatic carbocycles. The number of alkyl halides is 3. The Labute approximate surface area is 119 Å². The van der Waals surface area contributed by atoms with Crippen molar-refractivity contribution in [2.75, 3.05) is 0 Å². The maximum atomic E-state index is 12.7. The lowest BCUT2D eigenvalue weighted by molar-refractivity contribution is -0.137. The number of halogens is 4. The van der Waals surface area contributed by atoms with E-state index in [1.165, 1.54) is 25.0 Å². The van der Waals surface area contributed by atoms with E-state index in [1.807, 2.05) is 0 Å². The predicted octanol–water partition coefficient (Wildman–Crippen LogP) is 5.05. The van der Waals surface area contributed by atoms with E-state index in [2.05, 4.69) is 15.9 Å². The van der Waals surface area contributed by atoms with Crippen molar-refractivity contribution in [1.29, 1.82) is 0 Å². The van der Waals surface area contributed by atoms with Crippen LogP contribution >= 0.6 is 15.9 Å². The molecule has 1 unspecified atom stereocenters. The highest BCUT2D eigenvalue weighted by Crippen LogP contribution is 2.37. The molecule has 2 rings (SSSR count). The summed E-state index contributed by atoms with van der Waals surface area (Å²) < 4.78 is 38.8. The molecule has 5 heteroatoms. The fourth-order valence-corrected chi connectivity index (χ4v) is 3.28. The maximum absolute atomic E-state index is 12.7. The van der Waals surface area contributed by atoms with Gasteiger partial charge in [-0.3, -0.25) is 0 Å². The van der Waals surface area contributed by atoms with E-state index in [9.17, 15) is 13.2 Å². The second-order valence-corrected chi connectivity index (χ2v) is 6.08. The van der Waals surface area contributed by atoms with Crippen molar-refractivity contribution in [2.24, 2.45) is 11.7 Å². The number of rotatable bonds is 3. The van der Waals surface area contributed by atoms with Crippen molar-refractivity contribution in [3.05, 3.63) is 33.8 Å². The molecule has 106 valence electrons. The lowest BCUT2D eigenvalue weighted by Crippen LogP contribution is -2.16. The van der Waals surface area contributed by atoms with E-state index in [0.29, 0.717) is 16.0 Å². The topological polar surface area (TPSA) is 26.0 Å². The highest BCUT2D eigenvalue weighted by molar-refractivity contribution is 9.10. The minimum absolute atomic E-state index is 0.334. The second kappa shape index (κ2) is 5.83. The van der Waals surface area contributed by atoms with E-state index < -0.39 is 11.7 Å². The van der Waals surface area contributed by atoms with E-state index in [4.69, 9.17) is 5.73 Å². The summed E-state index contributed by atoms with van der Waals surface area (Å²) in [6.45, 7) is 0. The summed E-state index contributed by atoms with van der Waals surface area (Å²) in [5.74, 6) is 0.552. The first kappa shape index (κ1) is 14.9. The van der Waals surface area contributed by atoms with Gasteiger partial charge >= 0.3 is 6.18 Å². The van der Waals surface area contributed by atoms with Crippen LogP contribution in [0.1, 0.15) is 49.3 Å². The van der Waals surface area contributed by atoms with Crippen LogP contribution in [0.3, 0.4) is 0 Å². The Bertz CT molecular complexity index is 439. The second-order valence-electron chi connectivity index (χ2n) is 5.23. The lowest BCUT2D eigenvalue weighted by Gasteiger charge is -2.19. The zero-order chi connectivity index (χ0) is 14.0. The molecule has 1 nitrogen and oxygen atoms in total. The SMILES string of the molecule is NC(CC1CCCC1)c1cc(C(F)(F)F)ccc1Br. The average molecular weight is 336 g/mol. The summed E-state index contributed by atoms with van der Waals surface area (Å²) in [5, 5.41) is 0. The Morgan fingerprint density at radius 3 is 2.47 bits per heavy atom. The van der Waals surface area contributed by atoms with Gasteiger partial charge in [-0.05, 0) is 36.1 Å². The molecule has 0 saturated heterocycles. The van der Waals surface area contributed by atoms with Gasteiger partial charge in [-0.25, -0.2) is 0 Å². The van der Waals surface area contributed by atoms with Crippen molar-refractivity contribution in [3.8, 4) is 0 Å². The maximum Gasteiger partial charge on any atom is 0.416 e. The first-order valence-corrected chi connectivity index (χ1v) is 7.29. The van der Waals surface area contributed by atoms with E-state index >= 15 is 0 Å². The van der Waals surface area contributed by atoms with Gasteiger partial charge in [0, 0.05) is 10.5 Å². The van der Waals surface area contributed by atoms with Crippen molar-refractivity contribution in [2.45, 2.75) is 44.3 Å². The van der Waals surface area contributed by atoms with Gasteiger partial charge in [0.2, 0.25) is 0 Å². The van der Waals surface area contributed by atoms with Gasteiger partial charge in [0.25, 0.3) is 0 Å². The Kier molecular flexibility index (Phi) is 4.56. The molecule has 0 radical (unpaired) electrons. The summed E-state index contributed by atoms with van der Waals surface area (Å²) in [7, 11) is 0. The van der Waals surface area contributed by atoms with Crippen molar-refractivity contribution < 1.29 is 13.2 Å². The van der Waals surface area contributed by atoms with Crippen LogP contribution in [0.25, 0.3) is 0 Å². The summed E-state index contributed by atoms with van der Waals surface area (Å²) in [6.07, 6.45) is 1.15. The standard InChI is InChI=1S/C14H17BrF3N/c15-12-6-5-10(14(16,17)18)8-11(12)13(19)7-9-3-1-2-4-9/h5-6,8-9,13H,1-4,7,19H2. The monoisotopic (exact) mass is 335 g/mol. The third kappa shape index (κ3) is 3.72. The zero-order valence-electron chi connectivity index (χ0n) is 10.5. The molecule has 1 saturated carbocycles. The van der Waals surface area contributed by atoms with Crippen molar-refractivity contribution in [3.63, 3.8) is 0 Å². The zero-order valence-corrected chi connectivity index (χ0v) is 12.1. The first-order chi connectivity index (χ1) is 8.88. The van der Waals surface area contributed by atoms with Gasteiger partial charge in [-0.15, -0.1) is 0 Å². The molecular weight excluding hydrogens is 319 g/mol. The molecule has 1 aromatic carbocycles. The van der Waals surface area contributed by atoms with Crippen LogP contribution in [0.4, 0.5) is 13.2 Å². The minimum Gasteiger partial charge on any atom is -0.324 e. The van der Waals surface area contributed by atoms with E-state index in [1.54, 1.807) is 0 Å². The molecular formula is C14H17BrF3N. The molecule has 0 spiro atoms. The molecule has 1 aliphatic rings. The average Bonchev–Trinajstić information content (AvgIpc) is 2.80. The fourth-order valence-electron chi connectivity index (χ4n) is 2.74. The van der Waals surface area contributed by atoms with E-state index in [0.717, 1.165) is 25.3 Å². The quantitative estimate of drug-likeness (QED) is 0.821. The van der Waals surface area contributed by atoms with Crippen molar-refractivity contribution in [1.82, 2.24) is 0 Å². The predicted molar refractivity (Wildman–Crippen MR) is 72.6 cm³/mol. The minimum atomic E-state index is -4.32. The van der Waals surface area contributed by atoms with Crippen LogP contribution in [0.5, 0.6) is 0 Å². The molecule has 0 amide bonds. The van der Waals surface area contributed by atoms with Crippen molar-refractivity contribution >= 4 is 15.9 Å². The highest BCUT2D eigenvalue weighted by atomic mass is 79.9. The van der Waals surface area contributed by atoms with Gasteiger partial charge in [-0.1, -0.05) is 41.6 Å². The fraction of sp³-hybridized carbons (Fsp3) is 0.571. The molecule has 0 aromatic heterocycles. The number of hydrogen-bond donors (Lipinski definition) is 1. The van der Waals surface area contributed by atoms with Crippen LogP contribution in [-0.4, -0.2) is 0 Å². The number of benzene rings is 1. The molecule has 0 heterocycles. The molecule has 1 aromatic rings. The Hall–Kier alpha value is -0.550. The van der Waals surface area contributed by atoms with Crippen LogP contribution in [-0.2, 0) is 6.18 Å². The number of hydrogen-bond acceptors (Lipinski definition) is 1. The summed E-state index contributed by atoms with van der Waals surface area (Å²) >= 11 is 3.30. The largest absolute Gasteiger partial charge is 0.416 e. The van der Waals surface area contributed by atoms with Crippen LogP contribution in [0.15, 0.2) is 22.7 Å². The van der Waals surface area contributed by atoms with Crippen LogP contribution < -0.4 is 5.73 Å². The summed E-state index contributed by atoms with van der Waals surface area (Å²) in [6, 6.07) is 3.35. The molecule has 19 heavy (non-hydrogen) atoms. The summed E-state index contributed by atoms with van der Waals surface area (Å²) in [4.78, 5) is 0. The highest BCUT2D eigenvalue weighted by Gasteiger charge is 2.31. The van der Waals surface area contributed by atoms with Gasteiger partial charge in [0.1, 0.15) is 0 Å². The van der Waals surface area contributed by atoms with Gasteiger partial charge in [0.15, 0.2) is 0 Å². The van der Waals surface area contributed by atoms with E-state index in [-0.39, 0.29) is 6.04 Å². The van der Waals surface area contributed by atoms with Gasteiger partial charge < -0.3 is 5.73 Å².